The summed E-state index contributed by atoms with van der Waals surface area (Å²) in [6.07, 6.45) is 2.10. The Hall–Kier alpha value is -1.08. The standard InChI is InChI=1S/C12H14ClF3N4/c13-11-17-5-9(14)10(19-11)18-7-1-2-20-6-12(15,16)4-8(20)3-7/h5,7-8H,1-4,6H2,(H,17,18,19)/t7-,8-/m1/s1. The van der Waals surface area contributed by atoms with Crippen molar-refractivity contribution >= 4 is 17.4 Å². The van der Waals surface area contributed by atoms with Gasteiger partial charge in [0.1, 0.15) is 0 Å². The molecule has 20 heavy (non-hydrogen) atoms. The van der Waals surface area contributed by atoms with Crippen molar-refractivity contribution in [2.75, 3.05) is 18.4 Å². The molecule has 1 aromatic heterocycles. The van der Waals surface area contributed by atoms with E-state index in [0.717, 1.165) is 6.20 Å². The van der Waals surface area contributed by atoms with Crippen LogP contribution >= 0.6 is 11.6 Å². The molecule has 2 aliphatic rings. The molecule has 0 spiro atoms. The summed E-state index contributed by atoms with van der Waals surface area (Å²) in [7, 11) is 0. The SMILES string of the molecule is Fc1cnc(Cl)nc1N[C@@H]1CCN2CC(F)(F)C[C@H]2C1. The fourth-order valence-electron chi connectivity index (χ4n) is 3.00. The second-order valence-electron chi connectivity index (χ2n) is 5.39. The van der Waals surface area contributed by atoms with Crippen LogP contribution < -0.4 is 5.32 Å². The highest BCUT2D eigenvalue weighted by atomic mass is 35.5. The third-order valence-electron chi connectivity index (χ3n) is 3.86. The summed E-state index contributed by atoms with van der Waals surface area (Å²) in [6, 6.07) is -0.234. The van der Waals surface area contributed by atoms with E-state index < -0.39 is 11.7 Å². The normalized spacial score (nSPS) is 29.2. The number of fused-ring (bicyclic) bond motifs is 1. The van der Waals surface area contributed by atoms with Gasteiger partial charge in [0, 0.05) is 25.0 Å². The third kappa shape index (κ3) is 2.83. The minimum absolute atomic E-state index is 0.0354. The molecule has 0 radical (unpaired) electrons. The molecule has 2 fully saturated rings. The van der Waals surface area contributed by atoms with Gasteiger partial charge < -0.3 is 5.32 Å². The van der Waals surface area contributed by atoms with Crippen LogP contribution in [0.3, 0.4) is 0 Å². The number of nitrogens with zero attached hydrogens (tertiary/aromatic N) is 3. The predicted octanol–water partition coefficient (Wildman–Crippen LogP) is 2.55. The van der Waals surface area contributed by atoms with Crippen molar-refractivity contribution in [3.63, 3.8) is 0 Å². The Morgan fingerprint density at radius 1 is 1.45 bits per heavy atom. The molecule has 4 nitrogen and oxygen atoms in total. The number of alkyl halides is 2. The Balaban J connectivity index is 1.67. The van der Waals surface area contributed by atoms with Crippen LogP contribution in [-0.4, -0.2) is 46.0 Å². The van der Waals surface area contributed by atoms with Gasteiger partial charge in [-0.15, -0.1) is 0 Å². The molecule has 1 aromatic rings. The maximum atomic E-state index is 13.5. The molecule has 3 rings (SSSR count). The lowest BCUT2D eigenvalue weighted by atomic mass is 9.97. The number of hydrogen-bond acceptors (Lipinski definition) is 4. The summed E-state index contributed by atoms with van der Waals surface area (Å²) < 4.78 is 40.3. The van der Waals surface area contributed by atoms with Crippen LogP contribution in [0.15, 0.2) is 6.20 Å². The molecular weight excluding hydrogens is 293 g/mol. The van der Waals surface area contributed by atoms with Gasteiger partial charge in [0.15, 0.2) is 11.6 Å². The molecule has 0 aromatic carbocycles. The van der Waals surface area contributed by atoms with Gasteiger partial charge in [-0.25, -0.2) is 18.2 Å². The molecule has 110 valence electrons. The van der Waals surface area contributed by atoms with Crippen LogP contribution in [0, 0.1) is 5.82 Å². The molecule has 8 heteroatoms. The molecule has 2 atom stereocenters. The van der Waals surface area contributed by atoms with Crippen molar-refractivity contribution in [1.82, 2.24) is 14.9 Å². The number of piperidine rings is 1. The van der Waals surface area contributed by atoms with Gasteiger partial charge >= 0.3 is 0 Å². The van der Waals surface area contributed by atoms with E-state index in [4.69, 9.17) is 11.6 Å². The molecule has 1 N–H and O–H groups in total. The Morgan fingerprint density at radius 3 is 3.05 bits per heavy atom. The van der Waals surface area contributed by atoms with Crippen molar-refractivity contribution in [2.24, 2.45) is 0 Å². The third-order valence-corrected chi connectivity index (χ3v) is 4.04. The van der Waals surface area contributed by atoms with Gasteiger partial charge in [0.2, 0.25) is 5.28 Å². The molecule has 2 aliphatic heterocycles. The number of aromatic nitrogens is 2. The van der Waals surface area contributed by atoms with Crippen molar-refractivity contribution in [1.29, 1.82) is 0 Å². The Bertz CT molecular complexity index is 513. The van der Waals surface area contributed by atoms with Crippen LogP contribution in [0.2, 0.25) is 5.28 Å². The summed E-state index contributed by atoms with van der Waals surface area (Å²) in [5.74, 6) is -3.16. The second-order valence-corrected chi connectivity index (χ2v) is 5.72. The monoisotopic (exact) mass is 306 g/mol. The van der Waals surface area contributed by atoms with E-state index in [9.17, 15) is 13.2 Å². The molecular formula is C12H14ClF3N4. The lowest BCUT2D eigenvalue weighted by Crippen LogP contribution is -2.43. The molecule has 0 saturated carbocycles. The van der Waals surface area contributed by atoms with Crippen LogP contribution in [-0.2, 0) is 0 Å². The van der Waals surface area contributed by atoms with Crippen molar-refractivity contribution in [3.05, 3.63) is 17.3 Å². The highest BCUT2D eigenvalue weighted by molar-refractivity contribution is 6.28. The van der Waals surface area contributed by atoms with Crippen LogP contribution in [0.5, 0.6) is 0 Å². The molecule has 0 aliphatic carbocycles. The first-order valence-electron chi connectivity index (χ1n) is 6.49. The molecule has 0 unspecified atom stereocenters. The van der Waals surface area contributed by atoms with Crippen LogP contribution in [0.25, 0.3) is 0 Å². The van der Waals surface area contributed by atoms with Crippen molar-refractivity contribution in [3.8, 4) is 0 Å². The van der Waals surface area contributed by atoms with E-state index >= 15 is 0 Å². The Morgan fingerprint density at radius 2 is 2.25 bits per heavy atom. The van der Waals surface area contributed by atoms with Crippen LogP contribution in [0.4, 0.5) is 19.0 Å². The van der Waals surface area contributed by atoms with Gasteiger partial charge in [-0.05, 0) is 24.4 Å². The number of nitrogens with one attached hydrogen (secondary N) is 1. The molecule has 0 bridgehead atoms. The molecule has 2 saturated heterocycles. The smallest absolute Gasteiger partial charge is 0.262 e. The number of anilines is 1. The minimum atomic E-state index is -2.61. The highest BCUT2D eigenvalue weighted by Gasteiger charge is 2.47. The van der Waals surface area contributed by atoms with E-state index in [1.54, 1.807) is 0 Å². The first kappa shape index (κ1) is 13.9. The highest BCUT2D eigenvalue weighted by Crippen LogP contribution is 2.37. The Kier molecular flexibility index (Phi) is 3.50. The summed E-state index contributed by atoms with van der Waals surface area (Å²) in [5.41, 5.74) is 0. The summed E-state index contributed by atoms with van der Waals surface area (Å²) >= 11 is 5.62. The number of rotatable bonds is 2. The van der Waals surface area contributed by atoms with Gasteiger partial charge in [0.05, 0.1) is 12.7 Å². The first-order chi connectivity index (χ1) is 9.43. The summed E-state index contributed by atoms with van der Waals surface area (Å²) in [6.45, 7) is 0.413. The largest absolute Gasteiger partial charge is 0.365 e. The van der Waals surface area contributed by atoms with Gasteiger partial charge in [-0.3, -0.25) is 4.90 Å². The quantitative estimate of drug-likeness (QED) is 0.853. The number of halogens is 4. The van der Waals surface area contributed by atoms with E-state index in [2.05, 4.69) is 15.3 Å². The fraction of sp³-hybridized carbons (Fsp3) is 0.667. The average molecular weight is 307 g/mol. The van der Waals surface area contributed by atoms with Gasteiger partial charge in [-0.2, -0.15) is 4.98 Å². The van der Waals surface area contributed by atoms with Crippen molar-refractivity contribution < 1.29 is 13.2 Å². The zero-order valence-electron chi connectivity index (χ0n) is 10.6. The minimum Gasteiger partial charge on any atom is -0.365 e. The van der Waals surface area contributed by atoms with E-state index in [1.165, 1.54) is 0 Å². The first-order valence-corrected chi connectivity index (χ1v) is 6.87. The van der Waals surface area contributed by atoms with E-state index in [0.29, 0.717) is 19.4 Å². The molecule has 3 heterocycles. The van der Waals surface area contributed by atoms with Gasteiger partial charge in [-0.1, -0.05) is 0 Å². The van der Waals surface area contributed by atoms with E-state index in [-0.39, 0.29) is 36.2 Å². The maximum Gasteiger partial charge on any atom is 0.262 e. The maximum absolute atomic E-state index is 13.5. The predicted molar refractivity (Wildman–Crippen MR) is 68.6 cm³/mol. The number of hydrogen-bond donors (Lipinski definition) is 1. The zero-order chi connectivity index (χ0) is 14.3. The van der Waals surface area contributed by atoms with Gasteiger partial charge in [0.25, 0.3) is 5.92 Å². The lowest BCUT2D eigenvalue weighted by Gasteiger charge is -2.34. The van der Waals surface area contributed by atoms with Crippen LogP contribution in [0.1, 0.15) is 19.3 Å². The summed E-state index contributed by atoms with van der Waals surface area (Å²) in [5, 5.41) is 2.90. The van der Waals surface area contributed by atoms with E-state index in [1.807, 2.05) is 4.90 Å². The lowest BCUT2D eigenvalue weighted by molar-refractivity contribution is 0.0122. The molecule has 0 amide bonds. The topological polar surface area (TPSA) is 41.1 Å². The fourth-order valence-corrected chi connectivity index (χ4v) is 3.13. The second kappa shape index (κ2) is 5.04. The average Bonchev–Trinajstić information content (AvgIpc) is 2.67. The van der Waals surface area contributed by atoms with Crippen molar-refractivity contribution in [2.45, 2.75) is 37.3 Å². The summed E-state index contributed by atoms with van der Waals surface area (Å²) in [4.78, 5) is 9.13. The zero-order valence-corrected chi connectivity index (χ0v) is 11.4. The Labute approximate surface area is 119 Å².